The highest BCUT2D eigenvalue weighted by Crippen LogP contribution is 2.35. The van der Waals surface area contributed by atoms with Gasteiger partial charge in [-0.1, -0.05) is 12.1 Å². The molecule has 1 saturated heterocycles. The third-order valence-corrected chi connectivity index (χ3v) is 3.43. The predicted molar refractivity (Wildman–Crippen MR) is 64.6 cm³/mol. The van der Waals surface area contributed by atoms with Gasteiger partial charge >= 0.3 is 6.18 Å². The molecule has 7 heteroatoms. The van der Waals surface area contributed by atoms with Crippen molar-refractivity contribution < 1.29 is 22.0 Å². The molecule has 0 aromatic heterocycles. The molecule has 1 aromatic carbocycles. The lowest BCUT2D eigenvalue weighted by atomic mass is 10.0. The van der Waals surface area contributed by atoms with Gasteiger partial charge in [-0.3, -0.25) is 4.90 Å². The minimum absolute atomic E-state index is 0.232. The Kier molecular flexibility index (Phi) is 4.59. The summed E-state index contributed by atoms with van der Waals surface area (Å²) in [5.41, 5.74) is -1.58. The van der Waals surface area contributed by atoms with E-state index in [9.17, 15) is 22.0 Å². The molecule has 1 N–H and O–H groups in total. The molecule has 0 bridgehead atoms. The van der Waals surface area contributed by atoms with Gasteiger partial charge in [-0.05, 0) is 6.07 Å². The first-order chi connectivity index (χ1) is 9.45. The number of halogens is 5. The Labute approximate surface area is 113 Å². The largest absolute Gasteiger partial charge is 0.419 e. The number of piperazine rings is 1. The fourth-order valence-corrected chi connectivity index (χ4v) is 2.40. The van der Waals surface area contributed by atoms with Crippen LogP contribution in [-0.2, 0) is 6.18 Å². The van der Waals surface area contributed by atoms with Gasteiger partial charge in [-0.25, -0.2) is 8.78 Å². The van der Waals surface area contributed by atoms with Crippen LogP contribution in [0.15, 0.2) is 18.2 Å². The van der Waals surface area contributed by atoms with Gasteiger partial charge in [0.25, 0.3) is 0 Å². The van der Waals surface area contributed by atoms with Crippen molar-refractivity contribution in [3.63, 3.8) is 0 Å². The third kappa shape index (κ3) is 3.09. The highest BCUT2D eigenvalue weighted by Gasteiger charge is 2.36. The molecule has 1 fully saturated rings. The van der Waals surface area contributed by atoms with Gasteiger partial charge < -0.3 is 5.32 Å². The van der Waals surface area contributed by atoms with Gasteiger partial charge in [0.2, 0.25) is 0 Å². The predicted octanol–water partition coefficient (Wildman–Crippen LogP) is 2.76. The average molecular weight is 294 g/mol. The number of hydrogen-bond donors (Lipinski definition) is 1. The van der Waals surface area contributed by atoms with Crippen molar-refractivity contribution >= 4 is 0 Å². The van der Waals surface area contributed by atoms with Crippen LogP contribution in [0.25, 0.3) is 0 Å². The van der Waals surface area contributed by atoms with Crippen LogP contribution in [0.1, 0.15) is 17.2 Å². The van der Waals surface area contributed by atoms with Crippen LogP contribution >= 0.6 is 0 Å². The lowest BCUT2D eigenvalue weighted by molar-refractivity contribution is -0.140. The quantitative estimate of drug-likeness (QED) is 0.862. The minimum atomic E-state index is -4.77. The van der Waals surface area contributed by atoms with Gasteiger partial charge in [0, 0.05) is 31.7 Å². The minimum Gasteiger partial charge on any atom is -0.314 e. The summed E-state index contributed by atoms with van der Waals surface area (Å²) < 4.78 is 65.3. The van der Waals surface area contributed by atoms with E-state index in [2.05, 4.69) is 5.32 Å². The molecular formula is C13H15F5N2. The summed E-state index contributed by atoms with van der Waals surface area (Å²) in [5.74, 6) is -1.37. The van der Waals surface area contributed by atoms with E-state index < -0.39 is 30.3 Å². The Hall–Kier alpha value is -1.21. The molecule has 20 heavy (non-hydrogen) atoms. The number of rotatable bonds is 3. The molecule has 0 radical (unpaired) electrons. The second-order valence-corrected chi connectivity index (χ2v) is 4.66. The summed E-state index contributed by atoms with van der Waals surface area (Å²) in [6.45, 7) is 1.25. The first kappa shape index (κ1) is 15.2. The van der Waals surface area contributed by atoms with Crippen molar-refractivity contribution in [3.8, 4) is 0 Å². The molecule has 1 aromatic rings. The van der Waals surface area contributed by atoms with E-state index in [4.69, 9.17) is 0 Å². The van der Waals surface area contributed by atoms with E-state index in [0.29, 0.717) is 32.2 Å². The van der Waals surface area contributed by atoms with Crippen molar-refractivity contribution in [2.75, 3.05) is 32.9 Å². The fraction of sp³-hybridized carbons (Fsp3) is 0.538. The Morgan fingerprint density at radius 2 is 1.85 bits per heavy atom. The Balaban J connectivity index is 2.34. The maximum absolute atomic E-state index is 14.0. The van der Waals surface area contributed by atoms with Crippen LogP contribution in [0.3, 0.4) is 0 Å². The molecule has 1 atom stereocenters. The highest BCUT2D eigenvalue weighted by atomic mass is 19.4. The van der Waals surface area contributed by atoms with Crippen molar-refractivity contribution in [2.24, 2.45) is 0 Å². The van der Waals surface area contributed by atoms with Crippen molar-refractivity contribution in [1.29, 1.82) is 0 Å². The summed E-state index contributed by atoms with van der Waals surface area (Å²) in [6, 6.07) is 2.04. The number of nitrogens with zero attached hydrogens (tertiary/aromatic N) is 1. The average Bonchev–Trinajstić information content (AvgIpc) is 2.41. The van der Waals surface area contributed by atoms with E-state index in [-0.39, 0.29) is 5.56 Å². The second kappa shape index (κ2) is 6.05. The second-order valence-electron chi connectivity index (χ2n) is 4.66. The molecule has 0 unspecified atom stereocenters. The van der Waals surface area contributed by atoms with Crippen LogP contribution in [0.5, 0.6) is 0 Å². The van der Waals surface area contributed by atoms with Gasteiger partial charge in [0.1, 0.15) is 12.5 Å². The number of benzene rings is 1. The summed E-state index contributed by atoms with van der Waals surface area (Å²) in [7, 11) is 0. The summed E-state index contributed by atoms with van der Waals surface area (Å²) >= 11 is 0. The molecule has 0 saturated carbocycles. The molecule has 2 nitrogen and oxygen atoms in total. The molecule has 0 spiro atoms. The first-order valence-electron chi connectivity index (χ1n) is 6.31. The highest BCUT2D eigenvalue weighted by molar-refractivity contribution is 5.30. The van der Waals surface area contributed by atoms with Gasteiger partial charge in [0.05, 0.1) is 11.6 Å². The van der Waals surface area contributed by atoms with Crippen molar-refractivity contribution in [1.82, 2.24) is 10.2 Å². The molecular weight excluding hydrogens is 279 g/mol. The standard InChI is InChI=1S/C13H15F5N2/c14-8-11(20-6-4-19-5-7-20)9-2-1-3-10(12(9)15)13(16,17)18/h1-3,11,19H,4-8H2/t11-/m1/s1. The van der Waals surface area contributed by atoms with Crippen LogP contribution in [-0.4, -0.2) is 37.8 Å². The summed E-state index contributed by atoms with van der Waals surface area (Å²) in [6.07, 6.45) is -4.77. The zero-order valence-electron chi connectivity index (χ0n) is 10.7. The summed E-state index contributed by atoms with van der Waals surface area (Å²) in [5, 5.41) is 3.06. The van der Waals surface area contributed by atoms with E-state index in [1.54, 1.807) is 4.90 Å². The summed E-state index contributed by atoms with van der Waals surface area (Å²) in [4.78, 5) is 1.66. The van der Waals surface area contributed by atoms with Crippen LogP contribution < -0.4 is 5.32 Å². The molecule has 1 heterocycles. The smallest absolute Gasteiger partial charge is 0.314 e. The number of hydrogen-bond acceptors (Lipinski definition) is 2. The van der Waals surface area contributed by atoms with E-state index in [0.717, 1.165) is 6.07 Å². The normalized spacial score (nSPS) is 19.1. The third-order valence-electron chi connectivity index (χ3n) is 3.43. The monoisotopic (exact) mass is 294 g/mol. The maximum atomic E-state index is 14.0. The van der Waals surface area contributed by atoms with E-state index >= 15 is 0 Å². The van der Waals surface area contributed by atoms with Crippen LogP contribution in [0.4, 0.5) is 22.0 Å². The Morgan fingerprint density at radius 1 is 1.20 bits per heavy atom. The lowest BCUT2D eigenvalue weighted by Gasteiger charge is -2.34. The topological polar surface area (TPSA) is 15.3 Å². The molecule has 112 valence electrons. The molecule has 1 aliphatic rings. The maximum Gasteiger partial charge on any atom is 0.419 e. The zero-order chi connectivity index (χ0) is 14.8. The molecule has 2 rings (SSSR count). The van der Waals surface area contributed by atoms with Crippen molar-refractivity contribution in [3.05, 3.63) is 35.1 Å². The molecule has 0 aliphatic carbocycles. The van der Waals surface area contributed by atoms with E-state index in [1.165, 1.54) is 6.07 Å². The van der Waals surface area contributed by atoms with Gasteiger partial charge in [0.15, 0.2) is 0 Å². The van der Waals surface area contributed by atoms with Gasteiger partial charge in [-0.2, -0.15) is 13.2 Å². The van der Waals surface area contributed by atoms with E-state index in [1.807, 2.05) is 0 Å². The number of alkyl halides is 4. The SMILES string of the molecule is FC[C@H](c1cccc(C(F)(F)F)c1F)N1CCNCC1. The van der Waals surface area contributed by atoms with Crippen LogP contribution in [0.2, 0.25) is 0 Å². The fourth-order valence-electron chi connectivity index (χ4n) is 2.40. The molecule has 1 aliphatic heterocycles. The van der Waals surface area contributed by atoms with Crippen LogP contribution in [0, 0.1) is 5.82 Å². The Morgan fingerprint density at radius 3 is 2.40 bits per heavy atom. The molecule has 0 amide bonds. The zero-order valence-corrected chi connectivity index (χ0v) is 10.7. The first-order valence-corrected chi connectivity index (χ1v) is 6.31. The number of nitrogens with one attached hydrogen (secondary N) is 1. The van der Waals surface area contributed by atoms with Crippen molar-refractivity contribution in [2.45, 2.75) is 12.2 Å². The lowest BCUT2D eigenvalue weighted by Crippen LogP contribution is -2.46. The van der Waals surface area contributed by atoms with Gasteiger partial charge in [-0.15, -0.1) is 0 Å². The Bertz CT molecular complexity index is 455.